The Hall–Kier alpha value is -3.73. The van der Waals surface area contributed by atoms with Gasteiger partial charge in [-0.25, -0.2) is 14.8 Å². The maximum absolute atomic E-state index is 13.3. The SMILES string of the molecule is CCC(CC)(C(=O)NC(Cc1ccc(NC(=O)c2nc(NC)ncc2Cl)cc1)C(=O)O)C(=O)N1CCCC1. The molecule has 2 heterocycles. The number of anilines is 2. The number of hydrogen-bond donors (Lipinski definition) is 4. The standard InChI is InChI=1S/C26H33ClN6O5/c1-4-26(5-2,24(38)33-12-6-7-13-33)23(37)31-19(22(35)36)14-16-8-10-17(11-9-16)30-21(34)20-18(27)15-29-25(28-3)32-20/h8-11,15,19H,4-7,12-14H2,1-3H3,(H,30,34)(H,31,37)(H,35,36)(H,28,29,32). The van der Waals surface area contributed by atoms with Crippen molar-refractivity contribution in [3.63, 3.8) is 0 Å². The monoisotopic (exact) mass is 544 g/mol. The molecule has 0 bridgehead atoms. The van der Waals surface area contributed by atoms with Crippen LogP contribution in [0.2, 0.25) is 5.02 Å². The summed E-state index contributed by atoms with van der Waals surface area (Å²) in [4.78, 5) is 60.9. The number of aliphatic carboxylic acids is 1. The molecular formula is C26H33ClN6O5. The van der Waals surface area contributed by atoms with Crippen LogP contribution >= 0.6 is 11.6 Å². The number of carboxylic acid groups (broad SMARTS) is 1. The second kappa shape index (κ2) is 12.7. The van der Waals surface area contributed by atoms with Gasteiger partial charge in [-0.2, -0.15) is 0 Å². The molecule has 11 nitrogen and oxygen atoms in total. The molecule has 1 fully saturated rings. The van der Waals surface area contributed by atoms with Gasteiger partial charge in [0.05, 0.1) is 11.2 Å². The molecular weight excluding hydrogens is 512 g/mol. The molecule has 0 aliphatic carbocycles. The van der Waals surface area contributed by atoms with Crippen LogP contribution in [0.15, 0.2) is 30.5 Å². The summed E-state index contributed by atoms with van der Waals surface area (Å²) in [5, 5.41) is 17.9. The zero-order chi connectivity index (χ0) is 27.9. The first-order valence-corrected chi connectivity index (χ1v) is 13.0. The smallest absolute Gasteiger partial charge is 0.326 e. The number of likely N-dealkylation sites (tertiary alicyclic amines) is 1. The van der Waals surface area contributed by atoms with E-state index >= 15 is 0 Å². The molecule has 0 radical (unpaired) electrons. The molecule has 4 N–H and O–H groups in total. The molecule has 38 heavy (non-hydrogen) atoms. The summed E-state index contributed by atoms with van der Waals surface area (Å²) >= 11 is 6.05. The third kappa shape index (κ3) is 6.39. The number of carbonyl (C=O) groups is 4. The van der Waals surface area contributed by atoms with Gasteiger partial charge in [-0.05, 0) is 43.4 Å². The van der Waals surface area contributed by atoms with Gasteiger partial charge >= 0.3 is 5.97 Å². The lowest BCUT2D eigenvalue weighted by Gasteiger charge is -2.34. The van der Waals surface area contributed by atoms with Crippen molar-refractivity contribution in [3.8, 4) is 0 Å². The van der Waals surface area contributed by atoms with E-state index in [4.69, 9.17) is 11.6 Å². The topological polar surface area (TPSA) is 154 Å². The first-order chi connectivity index (χ1) is 18.1. The van der Waals surface area contributed by atoms with Crippen LogP contribution in [-0.4, -0.2) is 69.8 Å². The highest BCUT2D eigenvalue weighted by molar-refractivity contribution is 6.34. The predicted molar refractivity (Wildman–Crippen MR) is 143 cm³/mol. The van der Waals surface area contributed by atoms with Crippen LogP contribution in [0.25, 0.3) is 0 Å². The third-order valence-electron chi connectivity index (χ3n) is 6.88. The van der Waals surface area contributed by atoms with Crippen molar-refractivity contribution in [1.29, 1.82) is 0 Å². The lowest BCUT2D eigenvalue weighted by Crippen LogP contribution is -2.55. The number of benzene rings is 1. The van der Waals surface area contributed by atoms with Crippen LogP contribution in [0.4, 0.5) is 11.6 Å². The summed E-state index contributed by atoms with van der Waals surface area (Å²) in [6.45, 7) is 4.76. The van der Waals surface area contributed by atoms with Crippen molar-refractivity contribution in [2.45, 2.75) is 52.0 Å². The third-order valence-corrected chi connectivity index (χ3v) is 7.16. The highest BCUT2D eigenvalue weighted by Crippen LogP contribution is 2.31. The van der Waals surface area contributed by atoms with Crippen LogP contribution in [0.5, 0.6) is 0 Å². The second-order valence-electron chi connectivity index (χ2n) is 9.15. The van der Waals surface area contributed by atoms with Crippen LogP contribution in [0, 0.1) is 5.41 Å². The fourth-order valence-corrected chi connectivity index (χ4v) is 4.66. The normalized spacial score (nSPS) is 14.1. The number of hydrogen-bond acceptors (Lipinski definition) is 7. The Morgan fingerprint density at radius 2 is 1.74 bits per heavy atom. The van der Waals surface area contributed by atoms with E-state index in [1.165, 1.54) is 6.20 Å². The van der Waals surface area contributed by atoms with E-state index < -0.39 is 29.2 Å². The van der Waals surface area contributed by atoms with Crippen molar-refractivity contribution in [2.24, 2.45) is 5.41 Å². The van der Waals surface area contributed by atoms with E-state index in [0.717, 1.165) is 12.8 Å². The van der Waals surface area contributed by atoms with Crippen LogP contribution in [0.1, 0.15) is 55.6 Å². The zero-order valence-electron chi connectivity index (χ0n) is 21.7. The number of nitrogens with one attached hydrogen (secondary N) is 3. The molecule has 204 valence electrons. The molecule has 3 rings (SSSR count). The number of carbonyl (C=O) groups excluding carboxylic acids is 3. The Balaban J connectivity index is 1.69. The minimum atomic E-state index is -1.30. The molecule has 1 saturated heterocycles. The largest absolute Gasteiger partial charge is 0.480 e. The van der Waals surface area contributed by atoms with Gasteiger partial charge in [-0.1, -0.05) is 37.6 Å². The summed E-state index contributed by atoms with van der Waals surface area (Å²) < 4.78 is 0. The summed E-state index contributed by atoms with van der Waals surface area (Å²) in [6.07, 6.45) is 3.67. The second-order valence-corrected chi connectivity index (χ2v) is 9.56. The molecule has 1 aromatic heterocycles. The van der Waals surface area contributed by atoms with Crippen LogP contribution < -0.4 is 16.0 Å². The minimum absolute atomic E-state index is 0.0000189. The highest BCUT2D eigenvalue weighted by atomic mass is 35.5. The summed E-state index contributed by atoms with van der Waals surface area (Å²) in [7, 11) is 1.62. The van der Waals surface area contributed by atoms with E-state index in [1.807, 2.05) is 0 Å². The Kier molecular flexibility index (Phi) is 9.62. The zero-order valence-corrected chi connectivity index (χ0v) is 22.5. The Morgan fingerprint density at radius 3 is 2.29 bits per heavy atom. The summed E-state index contributed by atoms with van der Waals surface area (Å²) in [5.41, 5.74) is -0.232. The number of nitrogens with zero attached hydrogens (tertiary/aromatic N) is 3. The number of amides is 3. The van der Waals surface area contributed by atoms with E-state index in [0.29, 0.717) is 24.3 Å². The van der Waals surface area contributed by atoms with Gasteiger partial charge in [0.25, 0.3) is 5.91 Å². The van der Waals surface area contributed by atoms with E-state index in [9.17, 15) is 24.3 Å². The lowest BCUT2D eigenvalue weighted by molar-refractivity contribution is -0.153. The number of aromatic nitrogens is 2. The molecule has 1 aromatic carbocycles. The molecule has 0 spiro atoms. The van der Waals surface area contributed by atoms with Crippen molar-refractivity contribution in [3.05, 3.63) is 46.7 Å². The van der Waals surface area contributed by atoms with E-state index in [-0.39, 0.29) is 41.8 Å². The molecule has 12 heteroatoms. The van der Waals surface area contributed by atoms with Crippen molar-refractivity contribution < 1.29 is 24.3 Å². The molecule has 1 unspecified atom stereocenters. The molecule has 0 saturated carbocycles. The van der Waals surface area contributed by atoms with Crippen molar-refractivity contribution >= 4 is 46.9 Å². The first kappa shape index (κ1) is 28.8. The molecule has 2 aromatic rings. The number of carboxylic acids is 1. The maximum Gasteiger partial charge on any atom is 0.326 e. The Labute approximate surface area is 226 Å². The van der Waals surface area contributed by atoms with Crippen LogP contribution in [-0.2, 0) is 20.8 Å². The molecule has 3 amide bonds. The van der Waals surface area contributed by atoms with Crippen molar-refractivity contribution in [1.82, 2.24) is 20.2 Å². The summed E-state index contributed by atoms with van der Waals surface area (Å²) in [5.74, 6) is -2.31. The fraction of sp³-hybridized carbons (Fsp3) is 0.462. The minimum Gasteiger partial charge on any atom is -0.480 e. The number of halogens is 1. The highest BCUT2D eigenvalue weighted by Gasteiger charge is 2.46. The fourth-order valence-electron chi connectivity index (χ4n) is 4.49. The average molecular weight is 545 g/mol. The summed E-state index contributed by atoms with van der Waals surface area (Å²) in [6, 6.07) is 5.30. The van der Waals surface area contributed by atoms with Gasteiger partial charge in [-0.3, -0.25) is 14.4 Å². The first-order valence-electron chi connectivity index (χ1n) is 12.6. The van der Waals surface area contributed by atoms with Gasteiger partial charge in [0, 0.05) is 32.2 Å². The van der Waals surface area contributed by atoms with Gasteiger partial charge in [0.15, 0.2) is 5.69 Å². The van der Waals surface area contributed by atoms with Crippen molar-refractivity contribution in [2.75, 3.05) is 30.8 Å². The molecule has 1 atom stereocenters. The van der Waals surface area contributed by atoms with Gasteiger partial charge in [-0.15, -0.1) is 0 Å². The van der Waals surface area contributed by atoms with E-state index in [2.05, 4.69) is 25.9 Å². The quantitative estimate of drug-likeness (QED) is 0.315. The van der Waals surface area contributed by atoms with Gasteiger partial charge in [0.1, 0.15) is 11.5 Å². The Morgan fingerprint density at radius 1 is 1.11 bits per heavy atom. The maximum atomic E-state index is 13.3. The number of rotatable bonds is 11. The molecule has 1 aliphatic heterocycles. The lowest BCUT2D eigenvalue weighted by atomic mass is 9.79. The van der Waals surface area contributed by atoms with E-state index in [1.54, 1.807) is 50.1 Å². The Bertz CT molecular complexity index is 1180. The molecule has 1 aliphatic rings. The van der Waals surface area contributed by atoms with Crippen LogP contribution in [0.3, 0.4) is 0 Å². The van der Waals surface area contributed by atoms with Gasteiger partial charge < -0.3 is 26.0 Å². The average Bonchev–Trinajstić information content (AvgIpc) is 3.45. The van der Waals surface area contributed by atoms with Gasteiger partial charge in [0.2, 0.25) is 17.8 Å². The predicted octanol–water partition coefficient (Wildman–Crippen LogP) is 2.96.